The molecule has 2 unspecified atom stereocenters. The van der Waals surface area contributed by atoms with Crippen molar-refractivity contribution in [2.45, 2.75) is 46.1 Å². The molecule has 1 aromatic rings. The van der Waals surface area contributed by atoms with Crippen LogP contribution in [-0.4, -0.2) is 7.05 Å². The molecule has 0 bridgehead atoms. The van der Waals surface area contributed by atoms with Gasteiger partial charge in [-0.15, -0.1) is 0 Å². The standard InChI is InChI=1S/C15H23F2N/c1-5-6-10(2)7-15(18-4)12-8-11(3)13(16)9-14(12)17/h8-10,15,18H,5-7H2,1-4H3. The summed E-state index contributed by atoms with van der Waals surface area (Å²) in [6.45, 7) is 5.98. The molecule has 1 nitrogen and oxygen atoms in total. The molecule has 0 aliphatic carbocycles. The molecule has 102 valence electrons. The van der Waals surface area contributed by atoms with Gasteiger partial charge in [-0.2, -0.15) is 0 Å². The summed E-state index contributed by atoms with van der Waals surface area (Å²) >= 11 is 0. The zero-order valence-electron chi connectivity index (χ0n) is 11.7. The van der Waals surface area contributed by atoms with E-state index in [1.165, 1.54) is 0 Å². The molecule has 0 amide bonds. The molecule has 2 atom stereocenters. The highest BCUT2D eigenvalue weighted by atomic mass is 19.1. The van der Waals surface area contributed by atoms with Gasteiger partial charge in [-0.1, -0.05) is 26.7 Å². The second-order valence-corrected chi connectivity index (χ2v) is 5.09. The lowest BCUT2D eigenvalue weighted by Crippen LogP contribution is -2.20. The molecular weight excluding hydrogens is 232 g/mol. The molecular formula is C15H23F2N. The average Bonchev–Trinajstić information content (AvgIpc) is 2.31. The van der Waals surface area contributed by atoms with Crippen LogP contribution in [0.15, 0.2) is 12.1 Å². The minimum atomic E-state index is -0.479. The molecule has 0 aliphatic rings. The van der Waals surface area contributed by atoms with Crippen LogP contribution in [0.1, 0.15) is 50.3 Å². The van der Waals surface area contributed by atoms with Crippen LogP contribution in [0.4, 0.5) is 8.78 Å². The summed E-state index contributed by atoms with van der Waals surface area (Å²) in [5.74, 6) is -0.411. The Labute approximate surface area is 109 Å². The van der Waals surface area contributed by atoms with Crippen molar-refractivity contribution < 1.29 is 8.78 Å². The number of halogens is 2. The highest BCUT2D eigenvalue weighted by Gasteiger charge is 2.18. The fourth-order valence-electron chi connectivity index (χ4n) is 2.36. The summed E-state index contributed by atoms with van der Waals surface area (Å²) in [7, 11) is 1.82. The first-order chi connectivity index (χ1) is 8.49. The van der Waals surface area contributed by atoms with Crippen LogP contribution in [0.5, 0.6) is 0 Å². The summed E-state index contributed by atoms with van der Waals surface area (Å²) < 4.78 is 27.1. The van der Waals surface area contributed by atoms with Gasteiger partial charge in [-0.05, 0) is 37.9 Å². The molecule has 0 spiro atoms. The van der Waals surface area contributed by atoms with Crippen LogP contribution < -0.4 is 5.32 Å². The summed E-state index contributed by atoms with van der Waals surface area (Å²) in [5, 5.41) is 3.13. The Morgan fingerprint density at radius 3 is 2.44 bits per heavy atom. The van der Waals surface area contributed by atoms with Crippen LogP contribution in [0.2, 0.25) is 0 Å². The average molecular weight is 255 g/mol. The summed E-state index contributed by atoms with van der Waals surface area (Å²) in [6, 6.07) is 2.55. The van der Waals surface area contributed by atoms with Gasteiger partial charge < -0.3 is 5.32 Å². The Hall–Kier alpha value is -0.960. The zero-order chi connectivity index (χ0) is 13.7. The van der Waals surface area contributed by atoms with E-state index in [-0.39, 0.29) is 6.04 Å². The molecule has 0 saturated carbocycles. The van der Waals surface area contributed by atoms with E-state index in [4.69, 9.17) is 0 Å². The van der Waals surface area contributed by atoms with Crippen LogP contribution in [0, 0.1) is 24.5 Å². The van der Waals surface area contributed by atoms with Crippen molar-refractivity contribution in [3.05, 3.63) is 34.9 Å². The van der Waals surface area contributed by atoms with Gasteiger partial charge in [0.15, 0.2) is 0 Å². The zero-order valence-corrected chi connectivity index (χ0v) is 11.7. The lowest BCUT2D eigenvalue weighted by molar-refractivity contribution is 0.396. The van der Waals surface area contributed by atoms with E-state index in [9.17, 15) is 8.78 Å². The maximum atomic E-state index is 13.8. The van der Waals surface area contributed by atoms with Gasteiger partial charge >= 0.3 is 0 Å². The largest absolute Gasteiger partial charge is 0.313 e. The van der Waals surface area contributed by atoms with Crippen LogP contribution in [0.25, 0.3) is 0 Å². The Kier molecular flexibility index (Phi) is 5.73. The maximum Gasteiger partial charge on any atom is 0.130 e. The number of aryl methyl sites for hydroxylation is 1. The van der Waals surface area contributed by atoms with Crippen LogP contribution >= 0.6 is 0 Å². The lowest BCUT2D eigenvalue weighted by atomic mass is 9.92. The first-order valence-electron chi connectivity index (χ1n) is 6.62. The van der Waals surface area contributed by atoms with Gasteiger partial charge in [0.05, 0.1) is 0 Å². The predicted molar refractivity (Wildman–Crippen MR) is 71.6 cm³/mol. The van der Waals surface area contributed by atoms with Gasteiger partial charge in [0.2, 0.25) is 0 Å². The Bertz CT molecular complexity index is 390. The highest BCUT2D eigenvalue weighted by molar-refractivity contribution is 5.28. The van der Waals surface area contributed by atoms with Crippen molar-refractivity contribution in [2.75, 3.05) is 7.05 Å². The van der Waals surface area contributed by atoms with Crippen molar-refractivity contribution in [1.29, 1.82) is 0 Å². The Balaban J connectivity index is 2.91. The third-order valence-corrected chi connectivity index (χ3v) is 3.42. The third-order valence-electron chi connectivity index (χ3n) is 3.42. The van der Waals surface area contributed by atoms with E-state index in [1.54, 1.807) is 13.0 Å². The predicted octanol–water partition coefficient (Wildman–Crippen LogP) is 4.36. The molecule has 0 saturated heterocycles. The molecule has 1 rings (SSSR count). The van der Waals surface area contributed by atoms with Crippen LogP contribution in [-0.2, 0) is 0 Å². The van der Waals surface area contributed by atoms with Crippen molar-refractivity contribution >= 4 is 0 Å². The van der Waals surface area contributed by atoms with Gasteiger partial charge in [0, 0.05) is 17.7 Å². The SMILES string of the molecule is CCCC(C)CC(NC)c1cc(C)c(F)cc1F. The van der Waals surface area contributed by atoms with E-state index in [2.05, 4.69) is 19.2 Å². The molecule has 0 aliphatic heterocycles. The minimum Gasteiger partial charge on any atom is -0.313 e. The molecule has 18 heavy (non-hydrogen) atoms. The minimum absolute atomic E-state index is 0.0501. The summed E-state index contributed by atoms with van der Waals surface area (Å²) in [5.41, 5.74) is 1.06. The second-order valence-electron chi connectivity index (χ2n) is 5.09. The Morgan fingerprint density at radius 1 is 1.22 bits per heavy atom. The third kappa shape index (κ3) is 3.77. The molecule has 0 fully saturated rings. The number of benzene rings is 1. The van der Waals surface area contributed by atoms with E-state index in [0.717, 1.165) is 25.3 Å². The quantitative estimate of drug-likeness (QED) is 0.796. The first-order valence-corrected chi connectivity index (χ1v) is 6.62. The van der Waals surface area contributed by atoms with E-state index >= 15 is 0 Å². The van der Waals surface area contributed by atoms with E-state index in [0.29, 0.717) is 17.0 Å². The fourth-order valence-corrected chi connectivity index (χ4v) is 2.36. The number of nitrogens with one attached hydrogen (secondary N) is 1. The van der Waals surface area contributed by atoms with E-state index < -0.39 is 11.6 Å². The normalized spacial score (nSPS) is 14.6. The molecule has 0 radical (unpaired) electrons. The van der Waals surface area contributed by atoms with Gasteiger partial charge in [0.1, 0.15) is 11.6 Å². The van der Waals surface area contributed by atoms with Crippen LogP contribution in [0.3, 0.4) is 0 Å². The van der Waals surface area contributed by atoms with Gasteiger partial charge in [-0.25, -0.2) is 8.78 Å². The Morgan fingerprint density at radius 2 is 1.89 bits per heavy atom. The smallest absolute Gasteiger partial charge is 0.130 e. The second kappa shape index (κ2) is 6.83. The lowest BCUT2D eigenvalue weighted by Gasteiger charge is -2.21. The topological polar surface area (TPSA) is 12.0 Å². The van der Waals surface area contributed by atoms with E-state index in [1.807, 2.05) is 7.05 Å². The highest BCUT2D eigenvalue weighted by Crippen LogP contribution is 2.27. The van der Waals surface area contributed by atoms with Crippen molar-refractivity contribution in [3.8, 4) is 0 Å². The van der Waals surface area contributed by atoms with Gasteiger partial charge in [0.25, 0.3) is 0 Å². The monoisotopic (exact) mass is 255 g/mol. The number of hydrogen-bond donors (Lipinski definition) is 1. The first kappa shape index (κ1) is 15.1. The molecule has 3 heteroatoms. The fraction of sp³-hybridized carbons (Fsp3) is 0.600. The number of hydrogen-bond acceptors (Lipinski definition) is 1. The van der Waals surface area contributed by atoms with Crippen molar-refractivity contribution in [2.24, 2.45) is 5.92 Å². The van der Waals surface area contributed by atoms with Crippen molar-refractivity contribution in [3.63, 3.8) is 0 Å². The van der Waals surface area contributed by atoms with Gasteiger partial charge in [-0.3, -0.25) is 0 Å². The summed E-state index contributed by atoms with van der Waals surface area (Å²) in [4.78, 5) is 0. The molecule has 0 heterocycles. The number of rotatable bonds is 6. The molecule has 1 aromatic carbocycles. The van der Waals surface area contributed by atoms with Crippen molar-refractivity contribution in [1.82, 2.24) is 5.32 Å². The maximum absolute atomic E-state index is 13.8. The molecule has 1 N–H and O–H groups in total. The summed E-state index contributed by atoms with van der Waals surface area (Å²) in [6.07, 6.45) is 3.12. The molecule has 0 aromatic heterocycles.